The first-order valence-corrected chi connectivity index (χ1v) is 5.33. The van der Waals surface area contributed by atoms with Gasteiger partial charge in [0.25, 0.3) is 0 Å². The Balaban J connectivity index is 0.00000180. The number of carboxylic acid groups (broad SMARTS) is 1. The average Bonchev–Trinajstić information content (AvgIpc) is 2.40. The molecule has 0 spiro atoms. The topological polar surface area (TPSA) is 76.8 Å². The van der Waals surface area contributed by atoms with Gasteiger partial charge in [-0.15, -0.1) is 0 Å². The number of nitrogens with zero attached hydrogens (tertiary/aromatic N) is 2. The number of nitriles is 1. The standard InChI is InChI=1S/C14H10N2O2.Li/c15-7-11-3-1-10(2-4-11)5-12-6-13(14(17)18)9-16-8-12;/h1-4,6,8-9H,5H2,(H,17,18);/q;+1/p-1. The Labute approximate surface area is 122 Å². The molecular weight excluding hydrogens is 235 g/mol. The molecule has 0 bridgehead atoms. The smallest absolute Gasteiger partial charge is 0.545 e. The Bertz CT molecular complexity index is 618. The van der Waals surface area contributed by atoms with Gasteiger partial charge in [0, 0.05) is 18.0 Å². The number of hydrogen-bond donors (Lipinski definition) is 0. The number of carbonyl (C=O) groups is 1. The van der Waals surface area contributed by atoms with Gasteiger partial charge in [-0.3, -0.25) is 4.98 Å². The van der Waals surface area contributed by atoms with E-state index in [9.17, 15) is 9.90 Å². The van der Waals surface area contributed by atoms with Crippen molar-refractivity contribution in [2.24, 2.45) is 0 Å². The zero-order valence-corrected chi connectivity index (χ0v) is 10.5. The molecule has 1 heterocycles. The third-order valence-electron chi connectivity index (χ3n) is 2.52. The first-order chi connectivity index (χ1) is 8.69. The van der Waals surface area contributed by atoms with Gasteiger partial charge >= 0.3 is 18.9 Å². The molecule has 88 valence electrons. The molecular formula is C14H9LiN2O2. The average molecular weight is 244 g/mol. The maximum Gasteiger partial charge on any atom is 1.00 e. The molecule has 1 aromatic heterocycles. The van der Waals surface area contributed by atoms with E-state index < -0.39 is 5.97 Å². The number of pyridine rings is 1. The van der Waals surface area contributed by atoms with Gasteiger partial charge in [0.1, 0.15) is 0 Å². The molecule has 0 radical (unpaired) electrons. The predicted molar refractivity (Wildman–Crippen MR) is 62.5 cm³/mol. The largest absolute Gasteiger partial charge is 1.00 e. The van der Waals surface area contributed by atoms with Gasteiger partial charge in [-0.1, -0.05) is 12.1 Å². The number of rotatable bonds is 3. The van der Waals surface area contributed by atoms with Gasteiger partial charge in [0.2, 0.25) is 0 Å². The monoisotopic (exact) mass is 244 g/mol. The molecule has 0 saturated heterocycles. The van der Waals surface area contributed by atoms with E-state index in [1.165, 1.54) is 6.20 Å². The van der Waals surface area contributed by atoms with Crippen molar-refractivity contribution in [3.63, 3.8) is 0 Å². The molecule has 1 aromatic carbocycles. The van der Waals surface area contributed by atoms with Crippen LogP contribution in [0.4, 0.5) is 0 Å². The fourth-order valence-electron chi connectivity index (χ4n) is 1.63. The molecule has 5 heteroatoms. The molecule has 0 fully saturated rings. The summed E-state index contributed by atoms with van der Waals surface area (Å²) in [6.07, 6.45) is 3.45. The number of benzene rings is 1. The van der Waals surface area contributed by atoms with Crippen LogP contribution in [0.2, 0.25) is 0 Å². The van der Waals surface area contributed by atoms with Crippen LogP contribution in [-0.2, 0) is 6.42 Å². The fourth-order valence-corrected chi connectivity index (χ4v) is 1.63. The SMILES string of the molecule is N#Cc1ccc(Cc2cncc(C(=O)[O-])c2)cc1.[Li+]. The van der Waals surface area contributed by atoms with Crippen LogP contribution >= 0.6 is 0 Å². The molecule has 0 aliphatic heterocycles. The van der Waals surface area contributed by atoms with Gasteiger partial charge in [-0.25, -0.2) is 0 Å². The van der Waals surface area contributed by atoms with E-state index in [-0.39, 0.29) is 24.4 Å². The van der Waals surface area contributed by atoms with Gasteiger partial charge in [-0.2, -0.15) is 5.26 Å². The minimum Gasteiger partial charge on any atom is -0.545 e. The van der Waals surface area contributed by atoms with Crippen LogP contribution in [0.5, 0.6) is 0 Å². The number of hydrogen-bond acceptors (Lipinski definition) is 4. The zero-order valence-electron chi connectivity index (χ0n) is 10.5. The third kappa shape index (κ3) is 3.96. The third-order valence-corrected chi connectivity index (χ3v) is 2.52. The van der Waals surface area contributed by atoms with E-state index in [0.717, 1.165) is 11.1 Å². The second kappa shape index (κ2) is 6.75. The zero-order chi connectivity index (χ0) is 13.0. The second-order valence-corrected chi connectivity index (χ2v) is 3.85. The molecule has 4 nitrogen and oxygen atoms in total. The summed E-state index contributed by atoms with van der Waals surface area (Å²) in [6.45, 7) is 0. The fraction of sp³-hybridized carbons (Fsp3) is 0.0714. The molecule has 0 unspecified atom stereocenters. The van der Waals surface area contributed by atoms with E-state index in [0.29, 0.717) is 12.0 Å². The first kappa shape index (κ1) is 15.0. The summed E-state index contributed by atoms with van der Waals surface area (Å²) in [6, 6.07) is 10.7. The van der Waals surface area contributed by atoms with Crippen molar-refractivity contribution in [1.82, 2.24) is 4.98 Å². The van der Waals surface area contributed by atoms with E-state index in [2.05, 4.69) is 4.98 Å². The summed E-state index contributed by atoms with van der Waals surface area (Å²) in [5, 5.41) is 19.4. The van der Waals surface area contributed by atoms with E-state index in [4.69, 9.17) is 5.26 Å². The van der Waals surface area contributed by atoms with Gasteiger partial charge in [-0.05, 0) is 35.7 Å². The van der Waals surface area contributed by atoms with Gasteiger partial charge in [0.15, 0.2) is 0 Å². The molecule has 2 rings (SSSR count). The number of aromatic nitrogens is 1. The molecule has 0 saturated carbocycles. The molecule has 2 aromatic rings. The summed E-state index contributed by atoms with van der Waals surface area (Å²) >= 11 is 0. The van der Waals surface area contributed by atoms with Crippen LogP contribution in [0.15, 0.2) is 42.7 Å². The summed E-state index contributed by atoms with van der Waals surface area (Å²) in [4.78, 5) is 14.6. The van der Waals surface area contributed by atoms with Crippen molar-refractivity contribution in [3.8, 4) is 6.07 Å². The molecule has 0 atom stereocenters. The molecule has 0 N–H and O–H groups in total. The summed E-state index contributed by atoms with van der Waals surface area (Å²) < 4.78 is 0. The molecule has 19 heavy (non-hydrogen) atoms. The second-order valence-electron chi connectivity index (χ2n) is 3.85. The van der Waals surface area contributed by atoms with Crippen molar-refractivity contribution in [2.45, 2.75) is 6.42 Å². The summed E-state index contributed by atoms with van der Waals surface area (Å²) in [5.74, 6) is -1.23. The minimum absolute atomic E-state index is 0. The molecule has 0 aliphatic carbocycles. The number of aromatic carboxylic acids is 1. The Morgan fingerprint density at radius 2 is 1.89 bits per heavy atom. The van der Waals surface area contributed by atoms with E-state index >= 15 is 0 Å². The summed E-state index contributed by atoms with van der Waals surface area (Å²) in [5.41, 5.74) is 2.45. The normalized spacial score (nSPS) is 9.21. The quantitative estimate of drug-likeness (QED) is 0.580. The Morgan fingerprint density at radius 3 is 2.47 bits per heavy atom. The van der Waals surface area contributed by atoms with Crippen molar-refractivity contribution >= 4 is 5.97 Å². The van der Waals surface area contributed by atoms with Crippen LogP contribution < -0.4 is 24.0 Å². The van der Waals surface area contributed by atoms with Gasteiger partial charge in [0.05, 0.1) is 17.6 Å². The minimum atomic E-state index is -1.23. The maximum absolute atomic E-state index is 10.7. The van der Waals surface area contributed by atoms with Crippen LogP contribution in [0.25, 0.3) is 0 Å². The van der Waals surface area contributed by atoms with Crippen LogP contribution in [-0.4, -0.2) is 11.0 Å². The molecule has 0 aliphatic rings. The Morgan fingerprint density at radius 1 is 1.21 bits per heavy atom. The maximum atomic E-state index is 10.7. The van der Waals surface area contributed by atoms with E-state index in [1.54, 1.807) is 24.4 Å². The number of carbonyl (C=O) groups excluding carboxylic acids is 1. The van der Waals surface area contributed by atoms with Crippen molar-refractivity contribution in [2.75, 3.05) is 0 Å². The van der Waals surface area contributed by atoms with Crippen LogP contribution in [0, 0.1) is 11.3 Å². The van der Waals surface area contributed by atoms with Crippen LogP contribution in [0.3, 0.4) is 0 Å². The molecule has 0 amide bonds. The van der Waals surface area contributed by atoms with Crippen LogP contribution in [0.1, 0.15) is 27.0 Å². The van der Waals surface area contributed by atoms with Crippen molar-refractivity contribution in [3.05, 3.63) is 65.0 Å². The number of carboxylic acids is 1. The summed E-state index contributed by atoms with van der Waals surface area (Å²) in [7, 11) is 0. The van der Waals surface area contributed by atoms with Crippen molar-refractivity contribution in [1.29, 1.82) is 5.26 Å². The predicted octanol–water partition coefficient (Wildman–Crippen LogP) is -2.09. The van der Waals surface area contributed by atoms with E-state index in [1.807, 2.05) is 18.2 Å². The van der Waals surface area contributed by atoms with Crippen molar-refractivity contribution < 1.29 is 28.8 Å². The van der Waals surface area contributed by atoms with Gasteiger partial charge < -0.3 is 9.90 Å². The Hall–Kier alpha value is -2.07. The Kier molecular flexibility index (Phi) is 5.33. The first-order valence-electron chi connectivity index (χ1n) is 5.33.